The fraction of sp³-hybridized carbons (Fsp3) is 0.600. The van der Waals surface area contributed by atoms with E-state index in [1.807, 2.05) is 0 Å². The zero-order chi connectivity index (χ0) is 10.8. The number of nitrogens with one attached hydrogen (secondary N) is 1. The van der Waals surface area contributed by atoms with Gasteiger partial charge < -0.3 is 5.32 Å². The molecule has 2 aliphatic rings. The van der Waals surface area contributed by atoms with Crippen LogP contribution in [-0.4, -0.2) is 12.6 Å². The molecule has 1 nitrogen and oxygen atoms in total. The minimum Gasteiger partial charge on any atom is -0.314 e. The molecule has 2 fully saturated rings. The van der Waals surface area contributed by atoms with Crippen LogP contribution in [0.2, 0.25) is 0 Å². The van der Waals surface area contributed by atoms with Gasteiger partial charge in [0.2, 0.25) is 0 Å². The van der Waals surface area contributed by atoms with Gasteiger partial charge in [-0.15, -0.1) is 0 Å². The molecule has 86 valence electrons. The summed E-state index contributed by atoms with van der Waals surface area (Å²) in [7, 11) is 0. The van der Waals surface area contributed by atoms with Gasteiger partial charge in [-0.2, -0.15) is 0 Å². The summed E-state index contributed by atoms with van der Waals surface area (Å²) in [6.45, 7) is 1.22. The van der Waals surface area contributed by atoms with Gasteiger partial charge in [0.15, 0.2) is 0 Å². The van der Waals surface area contributed by atoms with E-state index in [1.54, 1.807) is 5.56 Å². The molecule has 0 radical (unpaired) electrons. The summed E-state index contributed by atoms with van der Waals surface area (Å²) in [4.78, 5) is 0. The molecule has 1 atom stereocenters. The number of benzene rings is 1. The van der Waals surface area contributed by atoms with Crippen molar-refractivity contribution in [2.45, 2.75) is 50.5 Å². The van der Waals surface area contributed by atoms with E-state index < -0.39 is 0 Å². The molecule has 0 bridgehead atoms. The predicted molar refractivity (Wildman–Crippen MR) is 67.8 cm³/mol. The normalized spacial score (nSPS) is 25.6. The molecular formula is C15H21N. The van der Waals surface area contributed by atoms with Crippen LogP contribution in [0.3, 0.4) is 0 Å². The highest BCUT2D eigenvalue weighted by Gasteiger charge is 2.20. The lowest BCUT2D eigenvalue weighted by molar-refractivity contribution is 0.419. The van der Waals surface area contributed by atoms with Crippen molar-refractivity contribution in [1.29, 1.82) is 0 Å². The highest BCUT2D eigenvalue weighted by Crippen LogP contribution is 2.36. The summed E-state index contributed by atoms with van der Waals surface area (Å²) in [5, 5.41) is 3.58. The van der Waals surface area contributed by atoms with Crippen LogP contribution in [0.4, 0.5) is 0 Å². The van der Waals surface area contributed by atoms with E-state index >= 15 is 0 Å². The Hall–Kier alpha value is -0.820. The monoisotopic (exact) mass is 215 g/mol. The van der Waals surface area contributed by atoms with Crippen LogP contribution in [0.1, 0.15) is 49.1 Å². The summed E-state index contributed by atoms with van der Waals surface area (Å²) in [6, 6.07) is 10.0. The summed E-state index contributed by atoms with van der Waals surface area (Å²) >= 11 is 0. The third-order valence-electron chi connectivity index (χ3n) is 4.17. The SMILES string of the molecule is c1cc(CC2CCCN2)cc(C2CCC2)c1. The van der Waals surface area contributed by atoms with Crippen molar-refractivity contribution >= 4 is 0 Å². The maximum absolute atomic E-state index is 3.58. The second-order valence-corrected chi connectivity index (χ2v) is 5.37. The molecule has 3 rings (SSSR count). The van der Waals surface area contributed by atoms with Crippen molar-refractivity contribution in [3.8, 4) is 0 Å². The Bertz CT molecular complexity index is 348. The number of hydrogen-bond acceptors (Lipinski definition) is 1. The first-order chi connectivity index (χ1) is 7.92. The van der Waals surface area contributed by atoms with E-state index in [4.69, 9.17) is 0 Å². The molecule has 0 spiro atoms. The highest BCUT2D eigenvalue weighted by molar-refractivity contribution is 5.28. The van der Waals surface area contributed by atoms with Gasteiger partial charge in [-0.25, -0.2) is 0 Å². The van der Waals surface area contributed by atoms with Crippen LogP contribution in [0, 0.1) is 0 Å². The van der Waals surface area contributed by atoms with Crippen LogP contribution in [0.25, 0.3) is 0 Å². The molecule has 1 aliphatic heterocycles. The van der Waals surface area contributed by atoms with Crippen LogP contribution in [0.15, 0.2) is 24.3 Å². The van der Waals surface area contributed by atoms with Gasteiger partial charge >= 0.3 is 0 Å². The second kappa shape index (κ2) is 4.58. The van der Waals surface area contributed by atoms with Gasteiger partial charge in [-0.05, 0) is 55.7 Å². The van der Waals surface area contributed by atoms with E-state index in [0.29, 0.717) is 0 Å². The molecule has 1 aromatic rings. The quantitative estimate of drug-likeness (QED) is 0.816. The Morgan fingerprint density at radius 1 is 1.12 bits per heavy atom. The lowest BCUT2D eigenvalue weighted by atomic mass is 9.79. The maximum Gasteiger partial charge on any atom is 0.0108 e. The standard InChI is InChI=1S/C15H21N/c1-4-12(11-15-8-3-9-16-15)10-14(7-1)13-5-2-6-13/h1,4,7,10,13,15-16H,2-3,5-6,8-9,11H2. The van der Waals surface area contributed by atoms with Gasteiger partial charge in [0.1, 0.15) is 0 Å². The highest BCUT2D eigenvalue weighted by atomic mass is 14.9. The fourth-order valence-electron chi connectivity index (χ4n) is 2.93. The molecule has 16 heavy (non-hydrogen) atoms. The summed E-state index contributed by atoms with van der Waals surface area (Å²) in [5.74, 6) is 0.872. The van der Waals surface area contributed by atoms with Gasteiger partial charge in [-0.1, -0.05) is 30.7 Å². The van der Waals surface area contributed by atoms with Crippen molar-refractivity contribution in [1.82, 2.24) is 5.32 Å². The fourth-order valence-corrected chi connectivity index (χ4v) is 2.93. The third-order valence-corrected chi connectivity index (χ3v) is 4.17. The number of rotatable bonds is 3. The lowest BCUT2D eigenvalue weighted by Crippen LogP contribution is -2.23. The Labute approximate surface area is 98.3 Å². The average Bonchev–Trinajstić information content (AvgIpc) is 2.68. The van der Waals surface area contributed by atoms with Crippen molar-refractivity contribution in [2.75, 3.05) is 6.54 Å². The molecule has 0 amide bonds. The topological polar surface area (TPSA) is 12.0 Å². The molecule has 1 saturated heterocycles. The first-order valence-electron chi connectivity index (χ1n) is 6.74. The van der Waals surface area contributed by atoms with Crippen LogP contribution in [-0.2, 0) is 6.42 Å². The van der Waals surface area contributed by atoms with Crippen molar-refractivity contribution in [3.63, 3.8) is 0 Å². The molecule has 1 heterocycles. The Morgan fingerprint density at radius 2 is 2.06 bits per heavy atom. The number of hydrogen-bond donors (Lipinski definition) is 1. The van der Waals surface area contributed by atoms with Gasteiger partial charge in [-0.3, -0.25) is 0 Å². The van der Waals surface area contributed by atoms with Gasteiger partial charge in [0, 0.05) is 6.04 Å². The van der Waals surface area contributed by atoms with Crippen molar-refractivity contribution in [2.24, 2.45) is 0 Å². The zero-order valence-corrected chi connectivity index (χ0v) is 9.91. The lowest BCUT2D eigenvalue weighted by Gasteiger charge is -2.26. The molecule has 1 unspecified atom stereocenters. The van der Waals surface area contributed by atoms with Gasteiger partial charge in [0.25, 0.3) is 0 Å². The molecule has 1 aliphatic carbocycles. The molecule has 1 saturated carbocycles. The summed E-state index contributed by atoms with van der Waals surface area (Å²) in [5.41, 5.74) is 3.12. The van der Waals surface area contributed by atoms with E-state index in [0.717, 1.165) is 12.0 Å². The molecular weight excluding hydrogens is 194 g/mol. The minimum atomic E-state index is 0.733. The van der Waals surface area contributed by atoms with E-state index in [2.05, 4.69) is 29.6 Å². The minimum absolute atomic E-state index is 0.733. The van der Waals surface area contributed by atoms with Crippen LogP contribution in [0.5, 0.6) is 0 Å². The summed E-state index contributed by atoms with van der Waals surface area (Å²) < 4.78 is 0. The summed E-state index contributed by atoms with van der Waals surface area (Å²) in [6.07, 6.45) is 8.18. The average molecular weight is 215 g/mol. The maximum atomic E-state index is 3.58. The third kappa shape index (κ3) is 2.15. The van der Waals surface area contributed by atoms with Crippen LogP contribution >= 0.6 is 0 Å². The van der Waals surface area contributed by atoms with E-state index in [1.165, 1.54) is 50.6 Å². The van der Waals surface area contributed by atoms with E-state index in [-0.39, 0.29) is 0 Å². The first kappa shape index (κ1) is 10.3. The van der Waals surface area contributed by atoms with Crippen molar-refractivity contribution < 1.29 is 0 Å². The van der Waals surface area contributed by atoms with E-state index in [9.17, 15) is 0 Å². The van der Waals surface area contributed by atoms with Crippen LogP contribution < -0.4 is 5.32 Å². The molecule has 1 N–H and O–H groups in total. The molecule has 1 heteroatoms. The predicted octanol–water partition coefficient (Wildman–Crippen LogP) is 3.25. The Balaban J connectivity index is 1.68. The second-order valence-electron chi connectivity index (χ2n) is 5.37. The first-order valence-corrected chi connectivity index (χ1v) is 6.74. The molecule has 0 aromatic heterocycles. The van der Waals surface area contributed by atoms with Crippen molar-refractivity contribution in [3.05, 3.63) is 35.4 Å². The molecule has 1 aromatic carbocycles. The Morgan fingerprint density at radius 3 is 2.75 bits per heavy atom. The zero-order valence-electron chi connectivity index (χ0n) is 9.91. The van der Waals surface area contributed by atoms with Gasteiger partial charge in [0.05, 0.1) is 0 Å². The smallest absolute Gasteiger partial charge is 0.0108 e. The largest absolute Gasteiger partial charge is 0.314 e. The Kier molecular flexibility index (Phi) is 2.96.